The van der Waals surface area contributed by atoms with Crippen molar-refractivity contribution in [1.82, 2.24) is 20.4 Å². The van der Waals surface area contributed by atoms with Crippen LogP contribution in [0.2, 0.25) is 0 Å². The average Bonchev–Trinajstić information content (AvgIpc) is 3.38. The Balaban J connectivity index is 1.49. The lowest BCUT2D eigenvalue weighted by molar-refractivity contribution is -0.136. The predicted octanol–water partition coefficient (Wildman–Crippen LogP) is 4.53. The van der Waals surface area contributed by atoms with Crippen LogP contribution in [0.25, 0.3) is 0 Å². The first kappa shape index (κ1) is 29.0. The summed E-state index contributed by atoms with van der Waals surface area (Å²) < 4.78 is 0. The number of aryl methyl sites for hydroxylation is 2. The lowest BCUT2D eigenvalue weighted by atomic mass is 9.74. The quantitative estimate of drug-likeness (QED) is 0.534. The highest BCUT2D eigenvalue weighted by Crippen LogP contribution is 2.46. The predicted molar refractivity (Wildman–Crippen MR) is 155 cm³/mol. The number of hydrogen-bond acceptors (Lipinski definition) is 5. The molecule has 2 heterocycles. The van der Waals surface area contributed by atoms with E-state index < -0.39 is 5.41 Å². The summed E-state index contributed by atoms with van der Waals surface area (Å²) in [5.74, 6) is -0.512. The van der Waals surface area contributed by atoms with Crippen LogP contribution < -0.4 is 10.9 Å². The number of likely N-dealkylation sites (tertiary alicyclic amines) is 1. The number of allylic oxidation sites excluding steroid dienone is 3. The van der Waals surface area contributed by atoms with Crippen molar-refractivity contribution in [3.63, 3.8) is 0 Å². The Hall–Kier alpha value is -3.99. The molecule has 0 radical (unpaired) electrons. The summed E-state index contributed by atoms with van der Waals surface area (Å²) in [6, 6.07) is 9.21. The maximum absolute atomic E-state index is 13.7. The molecule has 1 aliphatic heterocycles. The lowest BCUT2D eigenvalue weighted by Gasteiger charge is -2.43. The number of nitriles is 1. The number of aromatic amines is 1. The van der Waals surface area contributed by atoms with E-state index in [1.165, 1.54) is 5.57 Å². The van der Waals surface area contributed by atoms with Crippen molar-refractivity contribution in [2.75, 3.05) is 6.54 Å². The fraction of sp³-hybridized carbons (Fsp3) is 0.469. The van der Waals surface area contributed by atoms with Crippen molar-refractivity contribution in [2.45, 2.75) is 79.3 Å². The third kappa shape index (κ3) is 5.94. The van der Waals surface area contributed by atoms with Gasteiger partial charge in [-0.05, 0) is 83.2 Å². The Kier molecular flexibility index (Phi) is 8.15. The van der Waals surface area contributed by atoms with Crippen LogP contribution in [-0.4, -0.2) is 45.5 Å². The van der Waals surface area contributed by atoms with Gasteiger partial charge in [0.15, 0.2) is 0 Å². The Morgan fingerprint density at radius 2 is 1.95 bits per heavy atom. The monoisotopic (exact) mass is 541 g/mol. The van der Waals surface area contributed by atoms with E-state index in [1.54, 1.807) is 18.2 Å². The highest BCUT2D eigenvalue weighted by Gasteiger charge is 2.50. The zero-order chi connectivity index (χ0) is 29.2. The Morgan fingerprint density at radius 1 is 1.20 bits per heavy atom. The summed E-state index contributed by atoms with van der Waals surface area (Å²) in [4.78, 5) is 40.9. The summed E-state index contributed by atoms with van der Waals surface area (Å²) in [6.07, 6.45) is 9.30. The number of rotatable bonds is 7. The van der Waals surface area contributed by atoms with Gasteiger partial charge in [0.25, 0.3) is 11.5 Å². The molecule has 8 nitrogen and oxygen atoms in total. The molecule has 1 fully saturated rings. The van der Waals surface area contributed by atoms with Gasteiger partial charge in [-0.1, -0.05) is 36.8 Å². The Labute approximate surface area is 236 Å². The van der Waals surface area contributed by atoms with Crippen molar-refractivity contribution in [2.24, 2.45) is 10.8 Å². The molecule has 0 saturated carbocycles. The van der Waals surface area contributed by atoms with Crippen molar-refractivity contribution in [3.05, 3.63) is 86.4 Å². The van der Waals surface area contributed by atoms with Crippen molar-refractivity contribution < 1.29 is 9.59 Å². The number of benzene rings is 1. The van der Waals surface area contributed by atoms with Crippen LogP contribution in [0.4, 0.5) is 0 Å². The second-order valence-electron chi connectivity index (χ2n) is 12.1. The number of nitrogens with one attached hydrogen (secondary N) is 2. The van der Waals surface area contributed by atoms with Gasteiger partial charge in [-0.2, -0.15) is 10.4 Å². The first-order chi connectivity index (χ1) is 18.8. The van der Waals surface area contributed by atoms with Crippen LogP contribution >= 0.6 is 0 Å². The molecule has 0 spiro atoms. The van der Waals surface area contributed by atoms with E-state index in [1.807, 2.05) is 38.7 Å². The molecule has 1 saturated heterocycles. The van der Waals surface area contributed by atoms with E-state index in [2.05, 4.69) is 53.7 Å². The van der Waals surface area contributed by atoms with Gasteiger partial charge >= 0.3 is 0 Å². The summed E-state index contributed by atoms with van der Waals surface area (Å²) in [7, 11) is 0. The number of H-pyrrole nitrogens is 1. The number of carbonyl (C=O) groups excluding carboxylic acids is 2. The van der Waals surface area contributed by atoms with E-state index in [9.17, 15) is 19.6 Å². The van der Waals surface area contributed by atoms with Gasteiger partial charge < -0.3 is 10.2 Å². The van der Waals surface area contributed by atoms with E-state index in [4.69, 9.17) is 0 Å². The molecule has 1 unspecified atom stereocenters. The third-order valence-electron chi connectivity index (χ3n) is 8.45. The van der Waals surface area contributed by atoms with E-state index in [0.717, 1.165) is 36.1 Å². The summed E-state index contributed by atoms with van der Waals surface area (Å²) >= 11 is 0. The summed E-state index contributed by atoms with van der Waals surface area (Å²) in [6.45, 7) is 11.6. The van der Waals surface area contributed by atoms with E-state index in [-0.39, 0.29) is 41.4 Å². The van der Waals surface area contributed by atoms with E-state index >= 15 is 0 Å². The van der Waals surface area contributed by atoms with Crippen LogP contribution in [0.3, 0.4) is 0 Å². The zero-order valence-electron chi connectivity index (χ0n) is 24.3. The zero-order valence-corrected chi connectivity index (χ0v) is 24.3. The molecule has 4 rings (SSSR count). The van der Waals surface area contributed by atoms with Gasteiger partial charge in [-0.3, -0.25) is 14.4 Å². The first-order valence-electron chi connectivity index (χ1n) is 13.9. The molecule has 2 aromatic rings. The molecular formula is C32H39N5O3. The molecule has 2 aliphatic rings. The second kappa shape index (κ2) is 11.2. The summed E-state index contributed by atoms with van der Waals surface area (Å²) in [5.41, 5.74) is 3.59. The Bertz CT molecular complexity index is 1480. The lowest BCUT2D eigenvalue weighted by Crippen LogP contribution is -2.54. The number of amides is 2. The van der Waals surface area contributed by atoms with Gasteiger partial charge in [0, 0.05) is 29.0 Å². The largest absolute Gasteiger partial charge is 0.343 e. The molecule has 0 bridgehead atoms. The van der Waals surface area contributed by atoms with Gasteiger partial charge in [0.05, 0.1) is 29.8 Å². The van der Waals surface area contributed by atoms with Crippen LogP contribution in [0.15, 0.2) is 52.9 Å². The number of hydrogen-bond donors (Lipinski definition) is 2. The van der Waals surface area contributed by atoms with Crippen molar-refractivity contribution in [1.29, 1.82) is 5.26 Å². The van der Waals surface area contributed by atoms with Crippen LogP contribution in [-0.2, 0) is 11.2 Å². The minimum Gasteiger partial charge on any atom is -0.343 e. The fourth-order valence-corrected chi connectivity index (χ4v) is 6.23. The maximum atomic E-state index is 13.7. The standard InChI is InChI=1S/C32H39N5O3/c1-20-8-7-13-32(6,17-20)27-12-11-26(31(4,5)19-33)37(27)28(38)18-34-29(39)24-10-9-23(21(2)14-24)16-25-15-22(3)35-36-30(25)40/h7-10,14-15,17,26-27H,11-13,16,18H2,1-6H3,(H,34,39)(H,36,40)/t26-,27+,32?/m1/s1. The molecule has 210 valence electrons. The molecule has 3 atom stereocenters. The third-order valence-corrected chi connectivity index (χ3v) is 8.45. The van der Waals surface area contributed by atoms with Gasteiger partial charge in [-0.15, -0.1) is 0 Å². The highest BCUT2D eigenvalue weighted by atomic mass is 16.2. The molecule has 2 N–H and O–H groups in total. The van der Waals surface area contributed by atoms with Crippen LogP contribution in [0.5, 0.6) is 0 Å². The van der Waals surface area contributed by atoms with Crippen LogP contribution in [0, 0.1) is 36.0 Å². The van der Waals surface area contributed by atoms with Gasteiger partial charge in [0.1, 0.15) is 0 Å². The average molecular weight is 542 g/mol. The molecule has 1 aliphatic carbocycles. The fourth-order valence-electron chi connectivity index (χ4n) is 6.23. The van der Waals surface area contributed by atoms with E-state index in [0.29, 0.717) is 17.5 Å². The normalized spacial score (nSPS) is 22.5. The molecule has 1 aromatic heterocycles. The SMILES string of the molecule is CC1=CC(C)([C@@H]2CC[C@H](C(C)(C)C#N)N2C(=O)CNC(=O)c2ccc(Cc3cc(C)n[nH]c3=O)c(C)c2)CC=C1. The maximum Gasteiger partial charge on any atom is 0.267 e. The van der Waals surface area contributed by atoms with Gasteiger partial charge in [0.2, 0.25) is 5.91 Å². The molecule has 1 aromatic carbocycles. The van der Waals surface area contributed by atoms with Crippen molar-refractivity contribution >= 4 is 11.8 Å². The molecule has 2 amide bonds. The first-order valence-corrected chi connectivity index (χ1v) is 13.9. The highest BCUT2D eigenvalue weighted by molar-refractivity contribution is 5.96. The van der Waals surface area contributed by atoms with Crippen LogP contribution in [0.1, 0.15) is 79.7 Å². The number of aromatic nitrogens is 2. The second-order valence-corrected chi connectivity index (χ2v) is 12.1. The minimum absolute atomic E-state index is 0.0593. The minimum atomic E-state index is -0.712. The topological polar surface area (TPSA) is 119 Å². The smallest absolute Gasteiger partial charge is 0.267 e. The van der Waals surface area contributed by atoms with Crippen molar-refractivity contribution in [3.8, 4) is 6.07 Å². The molecule has 40 heavy (non-hydrogen) atoms. The Morgan fingerprint density at radius 3 is 2.62 bits per heavy atom. The molecule has 8 heteroatoms. The summed E-state index contributed by atoms with van der Waals surface area (Å²) in [5, 5.41) is 19.1. The number of carbonyl (C=O) groups is 2. The number of nitrogens with zero attached hydrogens (tertiary/aromatic N) is 3. The van der Waals surface area contributed by atoms with Gasteiger partial charge in [-0.25, -0.2) is 5.10 Å². The molecular weight excluding hydrogens is 502 g/mol.